The van der Waals surface area contributed by atoms with Crippen LogP contribution in [0.4, 0.5) is 0 Å². The van der Waals surface area contributed by atoms with Crippen LogP contribution in [0.5, 0.6) is 0 Å². The van der Waals surface area contributed by atoms with Crippen LogP contribution in [0, 0.1) is 6.07 Å². The van der Waals surface area contributed by atoms with Crippen molar-refractivity contribution in [3.63, 3.8) is 0 Å². The van der Waals surface area contributed by atoms with Crippen molar-refractivity contribution in [3.8, 4) is 11.3 Å². The number of rotatable bonds is 2. The molecule has 3 nitrogen and oxygen atoms in total. The Morgan fingerprint density at radius 1 is 1.25 bits per heavy atom. The molecule has 0 aliphatic carbocycles. The van der Waals surface area contributed by atoms with E-state index in [1.807, 2.05) is 36.5 Å². The van der Waals surface area contributed by atoms with Crippen LogP contribution in [-0.2, 0) is 24.9 Å². The number of ketones is 1. The first-order valence-electron chi connectivity index (χ1n) is 6.75. The summed E-state index contributed by atoms with van der Waals surface area (Å²) in [5.41, 5.74) is 2.08. The van der Waals surface area contributed by atoms with Gasteiger partial charge in [0.1, 0.15) is 0 Å². The van der Waals surface area contributed by atoms with E-state index in [4.69, 9.17) is 5.11 Å². The second-order valence-corrected chi connectivity index (χ2v) is 5.61. The Balaban J connectivity index is 0.000000516. The summed E-state index contributed by atoms with van der Waals surface area (Å²) in [4.78, 5) is 14.4. The number of hydrogen-bond donors (Lipinski definition) is 1. The molecule has 0 saturated heterocycles. The fourth-order valence-electron chi connectivity index (χ4n) is 1.94. The van der Waals surface area contributed by atoms with Crippen LogP contribution in [-0.4, -0.2) is 15.9 Å². The van der Waals surface area contributed by atoms with Crippen LogP contribution in [0.2, 0.25) is 0 Å². The normalized spacial score (nSPS) is 10.0. The average molecular weight is 519 g/mol. The molecular weight excluding hydrogens is 498 g/mol. The zero-order chi connectivity index (χ0) is 15.9. The van der Waals surface area contributed by atoms with Crippen molar-refractivity contribution >= 4 is 27.2 Å². The van der Waals surface area contributed by atoms with Gasteiger partial charge in [-0.25, -0.2) is 0 Å². The third-order valence-corrected chi connectivity index (χ3v) is 3.64. The number of carbonyl (C=O) groups excluding carboxylic acids is 1. The molecule has 2 heterocycles. The molecule has 0 fully saturated rings. The van der Waals surface area contributed by atoms with Crippen LogP contribution in [0.25, 0.3) is 21.3 Å². The van der Waals surface area contributed by atoms with Crippen molar-refractivity contribution in [2.45, 2.75) is 21.3 Å². The van der Waals surface area contributed by atoms with Gasteiger partial charge in [0, 0.05) is 37.1 Å². The number of carbonyl (C=O) groups is 1. The topological polar surface area (TPSA) is 50.2 Å². The van der Waals surface area contributed by atoms with Gasteiger partial charge in [0.2, 0.25) is 0 Å². The van der Waals surface area contributed by atoms with E-state index in [1.54, 1.807) is 11.3 Å². The zero-order valence-electron chi connectivity index (χ0n) is 12.7. The molecule has 24 heavy (non-hydrogen) atoms. The summed E-state index contributed by atoms with van der Waals surface area (Å²) in [6.45, 7) is 2.85. The summed E-state index contributed by atoms with van der Waals surface area (Å²) in [5.74, 6) is -0.0625. The Labute approximate surface area is 160 Å². The zero-order valence-corrected chi connectivity index (χ0v) is 16.0. The van der Waals surface area contributed by atoms with Gasteiger partial charge in [0.15, 0.2) is 5.78 Å². The minimum atomic E-state index is -0.125. The summed E-state index contributed by atoms with van der Waals surface area (Å²) < 4.78 is 1.28. The minimum absolute atomic E-state index is 0. The van der Waals surface area contributed by atoms with E-state index < -0.39 is 0 Å². The van der Waals surface area contributed by atoms with E-state index in [1.165, 1.54) is 30.0 Å². The summed E-state index contributed by atoms with van der Waals surface area (Å²) >= 11 is 1.74. The number of thiophene rings is 1. The van der Waals surface area contributed by atoms with Gasteiger partial charge in [-0.1, -0.05) is 13.5 Å². The van der Waals surface area contributed by atoms with E-state index >= 15 is 0 Å². The van der Waals surface area contributed by atoms with E-state index in [2.05, 4.69) is 22.5 Å². The second-order valence-electron chi connectivity index (χ2n) is 4.66. The molecule has 0 aliphatic heterocycles. The van der Waals surface area contributed by atoms with Gasteiger partial charge in [-0.15, -0.1) is 47.2 Å². The van der Waals surface area contributed by atoms with Crippen molar-refractivity contribution in [2.75, 3.05) is 0 Å². The molecule has 0 unspecified atom stereocenters. The van der Waals surface area contributed by atoms with Gasteiger partial charge in [0.05, 0.1) is 5.76 Å². The Morgan fingerprint density at radius 3 is 2.54 bits per heavy atom. The number of aromatic nitrogens is 1. The van der Waals surface area contributed by atoms with Crippen molar-refractivity contribution in [3.05, 3.63) is 65.9 Å². The number of nitrogens with zero attached hydrogens (tertiary/aromatic N) is 1. The molecule has 0 amide bonds. The third-order valence-electron chi connectivity index (χ3n) is 2.76. The number of aliphatic hydroxyl groups is 1. The molecule has 1 aromatic carbocycles. The van der Waals surface area contributed by atoms with E-state index in [9.17, 15) is 4.79 Å². The number of allylic oxidation sites excluding steroid dienone is 2. The monoisotopic (exact) mass is 519 g/mol. The molecule has 1 N–H and O–H groups in total. The van der Waals surface area contributed by atoms with Crippen molar-refractivity contribution in [2.24, 2.45) is 0 Å². The quantitative estimate of drug-likeness (QED) is 0.280. The van der Waals surface area contributed by atoms with Crippen LogP contribution in [0.1, 0.15) is 21.3 Å². The number of hydrogen-bond acceptors (Lipinski definition) is 4. The predicted molar refractivity (Wildman–Crippen MR) is 97.7 cm³/mol. The summed E-state index contributed by atoms with van der Waals surface area (Å²) in [6.07, 6.45) is 3.02. The molecule has 2 aromatic heterocycles. The Bertz CT molecular complexity index is 793. The predicted octanol–water partition coefficient (Wildman–Crippen LogP) is 5.43. The number of fused-ring (bicyclic) bond motifs is 1. The Hall–Kier alpha value is -1.81. The molecule has 129 valence electrons. The maximum atomic E-state index is 10.0. The van der Waals surface area contributed by atoms with Crippen LogP contribution >= 0.6 is 11.3 Å². The van der Waals surface area contributed by atoms with Crippen LogP contribution in [0.3, 0.4) is 0 Å². The standard InChI is InChI=1S/C13H8NS.C5H8O2.CH4.Ir/c1-2-4-10(5-3-1)13-11-7-9-15-12(11)6-8-14-13;1-4(6)3-5(2)7;;/h1-4,6-9H;3,6H,1-2H3;1H4;/q-1;;;. The average Bonchev–Trinajstić information content (AvgIpc) is 2.95. The van der Waals surface area contributed by atoms with Crippen molar-refractivity contribution in [1.29, 1.82) is 0 Å². The summed E-state index contributed by atoms with van der Waals surface area (Å²) in [5, 5.41) is 11.7. The maximum absolute atomic E-state index is 10.0. The molecule has 3 aromatic rings. The van der Waals surface area contributed by atoms with Gasteiger partial charge in [-0.05, 0) is 36.4 Å². The molecule has 1 radical (unpaired) electrons. The van der Waals surface area contributed by atoms with E-state index in [0.29, 0.717) is 0 Å². The third kappa shape index (κ3) is 6.36. The molecule has 0 saturated carbocycles. The molecule has 3 rings (SSSR count). The van der Waals surface area contributed by atoms with Gasteiger partial charge in [-0.2, -0.15) is 0 Å². The number of aliphatic hydroxyl groups excluding tert-OH is 1. The molecule has 0 aliphatic rings. The molecule has 0 atom stereocenters. The van der Waals surface area contributed by atoms with E-state index in [-0.39, 0.29) is 39.1 Å². The van der Waals surface area contributed by atoms with Gasteiger partial charge < -0.3 is 10.1 Å². The van der Waals surface area contributed by atoms with Crippen molar-refractivity contribution < 1.29 is 30.0 Å². The Kier molecular flexibility index (Phi) is 10.0. The smallest absolute Gasteiger partial charge is 0.155 e. The minimum Gasteiger partial charge on any atom is -0.512 e. The first-order chi connectivity index (χ1) is 10.6. The van der Waals surface area contributed by atoms with E-state index in [0.717, 1.165) is 11.3 Å². The summed E-state index contributed by atoms with van der Waals surface area (Å²) in [6, 6.07) is 15.3. The van der Waals surface area contributed by atoms with Gasteiger partial charge >= 0.3 is 0 Å². The molecule has 0 bridgehead atoms. The first kappa shape index (κ1) is 22.2. The number of benzene rings is 1. The Morgan fingerprint density at radius 2 is 2.00 bits per heavy atom. The fraction of sp³-hybridized carbons (Fsp3) is 0.158. The van der Waals surface area contributed by atoms with Gasteiger partial charge in [0.25, 0.3) is 0 Å². The molecule has 0 spiro atoms. The second kappa shape index (κ2) is 10.9. The van der Waals surface area contributed by atoms with Crippen LogP contribution < -0.4 is 0 Å². The van der Waals surface area contributed by atoms with Gasteiger partial charge in [-0.3, -0.25) is 4.79 Å². The first-order valence-corrected chi connectivity index (χ1v) is 7.63. The van der Waals surface area contributed by atoms with Crippen LogP contribution in [0.15, 0.2) is 59.8 Å². The summed E-state index contributed by atoms with van der Waals surface area (Å²) in [7, 11) is 0. The number of pyridine rings is 1. The molecule has 5 heteroatoms. The largest absolute Gasteiger partial charge is 0.512 e. The fourth-order valence-corrected chi connectivity index (χ4v) is 2.73. The maximum Gasteiger partial charge on any atom is 0.155 e. The molecular formula is C19H20IrNO2S-. The van der Waals surface area contributed by atoms with Crippen molar-refractivity contribution in [1.82, 2.24) is 4.98 Å². The SMILES string of the molecule is C.CC(=O)C=C(C)O.[Ir].[c-]1ccccc1-c1nccc2sccc12.